The summed E-state index contributed by atoms with van der Waals surface area (Å²) in [6.45, 7) is 4.35. The Kier molecular flexibility index (Phi) is 6.29. The summed E-state index contributed by atoms with van der Waals surface area (Å²) in [5.41, 5.74) is 1.08. The van der Waals surface area contributed by atoms with Crippen molar-refractivity contribution in [3.8, 4) is 11.5 Å². The van der Waals surface area contributed by atoms with Crippen LogP contribution in [0.4, 0.5) is 0 Å². The fourth-order valence-corrected chi connectivity index (χ4v) is 3.75. The molecular weight excluding hydrogens is 428 g/mol. The third-order valence-corrected chi connectivity index (χ3v) is 5.36. The van der Waals surface area contributed by atoms with E-state index in [9.17, 15) is 9.59 Å². The monoisotopic (exact) mass is 454 g/mol. The number of unbranched alkanes of at least 4 members (excludes halogenated alkanes) is 1. The zero-order chi connectivity index (χ0) is 23.5. The van der Waals surface area contributed by atoms with Crippen LogP contribution in [0.1, 0.15) is 31.5 Å². The van der Waals surface area contributed by atoms with Gasteiger partial charge >= 0.3 is 0 Å². The van der Waals surface area contributed by atoms with E-state index in [0.29, 0.717) is 51.7 Å². The Morgan fingerprint density at radius 2 is 1.97 bits per heavy atom. The number of aromatic nitrogens is 5. The molecule has 0 aliphatic rings. The average Bonchev–Trinajstić information content (AvgIpc) is 3.35. The normalized spacial score (nSPS) is 11.3. The van der Waals surface area contributed by atoms with E-state index in [1.165, 1.54) is 25.1 Å². The van der Waals surface area contributed by atoms with E-state index in [2.05, 4.69) is 27.4 Å². The van der Waals surface area contributed by atoms with Gasteiger partial charge in [-0.05, 0) is 19.4 Å². The quantitative estimate of drug-likeness (QED) is 0.381. The van der Waals surface area contributed by atoms with E-state index < -0.39 is 0 Å². The number of amides is 1. The topological polar surface area (TPSA) is 126 Å². The van der Waals surface area contributed by atoms with Crippen molar-refractivity contribution in [1.82, 2.24) is 29.6 Å². The average molecular weight is 454 g/mol. The summed E-state index contributed by atoms with van der Waals surface area (Å²) < 4.78 is 19.1. The predicted octanol–water partition coefficient (Wildman–Crippen LogP) is 2.02. The van der Waals surface area contributed by atoms with Crippen molar-refractivity contribution < 1.29 is 18.8 Å². The molecule has 3 heterocycles. The van der Waals surface area contributed by atoms with Gasteiger partial charge in [0, 0.05) is 18.0 Å². The van der Waals surface area contributed by atoms with Gasteiger partial charge in [-0.15, -0.1) is 0 Å². The minimum Gasteiger partial charge on any atom is -0.493 e. The Morgan fingerprint density at radius 3 is 2.64 bits per heavy atom. The second-order valence-electron chi connectivity index (χ2n) is 7.62. The Hall–Kier alpha value is -3.89. The molecule has 4 rings (SSSR count). The van der Waals surface area contributed by atoms with E-state index in [1.54, 1.807) is 23.6 Å². The fraction of sp³-hybridized carbons (Fsp3) is 0.409. The number of nitrogens with one attached hydrogen (secondary N) is 1. The smallest absolute Gasteiger partial charge is 0.278 e. The summed E-state index contributed by atoms with van der Waals surface area (Å²) >= 11 is 0. The molecule has 4 aromatic rings. The summed E-state index contributed by atoms with van der Waals surface area (Å²) in [4.78, 5) is 34.9. The number of methoxy groups -OCH3 is 2. The molecule has 0 aliphatic heterocycles. The molecule has 0 aliphatic carbocycles. The van der Waals surface area contributed by atoms with Gasteiger partial charge in [0.1, 0.15) is 24.1 Å². The third-order valence-electron chi connectivity index (χ3n) is 5.36. The van der Waals surface area contributed by atoms with Crippen LogP contribution in [0.3, 0.4) is 0 Å². The SMILES string of the molecule is CCCCNC(=O)Cn1c2cc(OC)c(OC)cc2c2ncn(Cc3nc(C)no3)c(=O)c21. The molecule has 33 heavy (non-hydrogen) atoms. The summed E-state index contributed by atoms with van der Waals surface area (Å²) in [5, 5.41) is 7.35. The number of hydrogen-bond donors (Lipinski definition) is 1. The standard InChI is InChI=1S/C22H26N6O5/c1-5-6-7-23-18(29)10-28-15-9-17(32-4)16(31-3)8-14(15)20-21(28)22(30)27(12-24-20)11-19-25-13(2)26-33-19/h8-9,12H,5-7,10-11H2,1-4H3,(H,23,29). The lowest BCUT2D eigenvalue weighted by Crippen LogP contribution is -2.30. The lowest BCUT2D eigenvalue weighted by Gasteiger charge is -2.11. The molecule has 0 bridgehead atoms. The number of carbonyl (C=O) groups is 1. The Morgan fingerprint density at radius 1 is 1.21 bits per heavy atom. The maximum absolute atomic E-state index is 13.5. The lowest BCUT2D eigenvalue weighted by atomic mass is 10.2. The molecule has 11 nitrogen and oxygen atoms in total. The first-order valence-electron chi connectivity index (χ1n) is 10.7. The van der Waals surface area contributed by atoms with Crippen molar-refractivity contribution in [2.45, 2.75) is 39.8 Å². The molecule has 0 unspecified atom stereocenters. The molecule has 0 fully saturated rings. The number of nitrogens with zero attached hydrogens (tertiary/aromatic N) is 5. The maximum Gasteiger partial charge on any atom is 0.278 e. The van der Waals surface area contributed by atoms with E-state index in [-0.39, 0.29) is 24.6 Å². The summed E-state index contributed by atoms with van der Waals surface area (Å²) in [6.07, 6.45) is 3.28. The highest BCUT2D eigenvalue weighted by atomic mass is 16.5. The molecule has 1 aromatic carbocycles. The van der Waals surface area contributed by atoms with Gasteiger partial charge in [-0.3, -0.25) is 14.2 Å². The fourth-order valence-electron chi connectivity index (χ4n) is 3.75. The molecule has 11 heteroatoms. The van der Waals surface area contributed by atoms with Crippen LogP contribution >= 0.6 is 0 Å². The van der Waals surface area contributed by atoms with E-state index in [4.69, 9.17) is 14.0 Å². The predicted molar refractivity (Wildman–Crippen MR) is 121 cm³/mol. The van der Waals surface area contributed by atoms with Crippen molar-refractivity contribution in [3.05, 3.63) is 40.5 Å². The first-order chi connectivity index (χ1) is 16.0. The first-order valence-corrected chi connectivity index (χ1v) is 10.7. The summed E-state index contributed by atoms with van der Waals surface area (Å²) in [7, 11) is 3.07. The van der Waals surface area contributed by atoms with Gasteiger partial charge in [0.2, 0.25) is 11.8 Å². The lowest BCUT2D eigenvalue weighted by molar-refractivity contribution is -0.121. The van der Waals surface area contributed by atoms with Gasteiger partial charge in [-0.25, -0.2) is 4.98 Å². The molecular formula is C22H26N6O5. The molecule has 1 N–H and O–H groups in total. The van der Waals surface area contributed by atoms with Gasteiger partial charge < -0.3 is 23.9 Å². The van der Waals surface area contributed by atoms with Gasteiger partial charge in [0.15, 0.2) is 17.3 Å². The van der Waals surface area contributed by atoms with Gasteiger partial charge in [0.25, 0.3) is 5.56 Å². The van der Waals surface area contributed by atoms with Crippen LogP contribution in [0.2, 0.25) is 0 Å². The molecule has 174 valence electrons. The zero-order valence-corrected chi connectivity index (χ0v) is 19.0. The second-order valence-corrected chi connectivity index (χ2v) is 7.62. The summed E-state index contributed by atoms with van der Waals surface area (Å²) in [5.74, 6) is 1.56. The number of hydrogen-bond acceptors (Lipinski definition) is 8. The minimum absolute atomic E-state index is 0.0419. The van der Waals surface area contributed by atoms with Crippen LogP contribution in [-0.4, -0.2) is 50.9 Å². The molecule has 1 amide bonds. The first kappa shape index (κ1) is 22.3. The Balaban J connectivity index is 1.89. The molecule has 0 saturated carbocycles. The van der Waals surface area contributed by atoms with Gasteiger partial charge in [-0.2, -0.15) is 4.98 Å². The zero-order valence-electron chi connectivity index (χ0n) is 19.0. The Labute approximate surface area is 189 Å². The minimum atomic E-state index is -0.327. The molecule has 0 saturated heterocycles. The van der Waals surface area contributed by atoms with E-state index in [0.717, 1.165) is 12.8 Å². The van der Waals surface area contributed by atoms with Crippen LogP contribution in [-0.2, 0) is 17.9 Å². The van der Waals surface area contributed by atoms with Gasteiger partial charge in [-0.1, -0.05) is 18.5 Å². The van der Waals surface area contributed by atoms with Gasteiger partial charge in [0.05, 0.1) is 26.1 Å². The van der Waals surface area contributed by atoms with Crippen LogP contribution < -0.4 is 20.3 Å². The molecule has 0 radical (unpaired) electrons. The van der Waals surface area contributed by atoms with Crippen molar-refractivity contribution >= 4 is 27.8 Å². The maximum atomic E-state index is 13.5. The van der Waals surface area contributed by atoms with Crippen LogP contribution in [0.25, 0.3) is 21.9 Å². The number of fused-ring (bicyclic) bond motifs is 3. The van der Waals surface area contributed by atoms with E-state index in [1.807, 2.05) is 0 Å². The highest BCUT2D eigenvalue weighted by molar-refractivity contribution is 6.07. The highest BCUT2D eigenvalue weighted by Crippen LogP contribution is 2.36. The number of benzene rings is 1. The number of aryl methyl sites for hydroxylation is 1. The highest BCUT2D eigenvalue weighted by Gasteiger charge is 2.21. The number of carbonyl (C=O) groups excluding carboxylic acids is 1. The van der Waals surface area contributed by atoms with Crippen molar-refractivity contribution in [1.29, 1.82) is 0 Å². The summed E-state index contributed by atoms with van der Waals surface area (Å²) in [6, 6.07) is 3.51. The largest absolute Gasteiger partial charge is 0.493 e. The second kappa shape index (κ2) is 9.31. The Bertz CT molecular complexity index is 1370. The van der Waals surface area contributed by atoms with Crippen molar-refractivity contribution in [2.24, 2.45) is 0 Å². The number of ether oxygens (including phenoxy) is 2. The van der Waals surface area contributed by atoms with E-state index >= 15 is 0 Å². The number of rotatable bonds is 9. The van der Waals surface area contributed by atoms with Crippen LogP contribution in [0, 0.1) is 6.92 Å². The van der Waals surface area contributed by atoms with Crippen molar-refractivity contribution in [3.63, 3.8) is 0 Å². The molecule has 0 atom stereocenters. The third kappa shape index (κ3) is 4.26. The van der Waals surface area contributed by atoms with Crippen LogP contribution in [0.15, 0.2) is 27.8 Å². The molecule has 0 spiro atoms. The van der Waals surface area contributed by atoms with Crippen molar-refractivity contribution in [2.75, 3.05) is 20.8 Å². The van der Waals surface area contributed by atoms with Crippen LogP contribution in [0.5, 0.6) is 11.5 Å². The molecule has 3 aromatic heterocycles.